The van der Waals surface area contributed by atoms with Crippen molar-refractivity contribution in [2.45, 2.75) is 46.5 Å². The lowest BCUT2D eigenvalue weighted by atomic mass is 9.97. The zero-order valence-corrected chi connectivity index (χ0v) is 19.9. The van der Waals surface area contributed by atoms with Gasteiger partial charge in [-0.25, -0.2) is 0 Å². The summed E-state index contributed by atoms with van der Waals surface area (Å²) >= 11 is 0. The van der Waals surface area contributed by atoms with Crippen molar-refractivity contribution < 1.29 is 0 Å². The molecule has 2 aliphatic heterocycles. The van der Waals surface area contributed by atoms with Crippen LogP contribution in [0.15, 0.2) is 4.99 Å². The van der Waals surface area contributed by atoms with Crippen molar-refractivity contribution in [3.63, 3.8) is 0 Å². The van der Waals surface area contributed by atoms with Gasteiger partial charge in [0.2, 0.25) is 0 Å². The van der Waals surface area contributed by atoms with Gasteiger partial charge in [0.1, 0.15) is 0 Å². The molecule has 2 saturated heterocycles. The summed E-state index contributed by atoms with van der Waals surface area (Å²) < 4.78 is 0. The SMILES string of the molecule is CCNC(=NCCCN1CCCN(C)CC1)N1CCC(CC(C)C)C1.I. The van der Waals surface area contributed by atoms with Crippen molar-refractivity contribution >= 4 is 29.9 Å². The van der Waals surface area contributed by atoms with Crippen molar-refractivity contribution in [3.8, 4) is 0 Å². The van der Waals surface area contributed by atoms with Crippen LogP contribution in [0.5, 0.6) is 0 Å². The molecule has 0 spiro atoms. The minimum atomic E-state index is 0. The Balaban J connectivity index is 0.00000338. The van der Waals surface area contributed by atoms with Gasteiger partial charge in [-0.05, 0) is 71.1 Å². The monoisotopic (exact) mass is 479 g/mol. The summed E-state index contributed by atoms with van der Waals surface area (Å²) in [5.74, 6) is 2.79. The van der Waals surface area contributed by atoms with E-state index in [-0.39, 0.29) is 24.0 Å². The second-order valence-corrected chi connectivity index (χ2v) is 8.32. The molecule has 1 atom stereocenters. The summed E-state index contributed by atoms with van der Waals surface area (Å²) in [4.78, 5) is 12.5. The topological polar surface area (TPSA) is 34.1 Å². The highest BCUT2D eigenvalue weighted by molar-refractivity contribution is 14.0. The molecule has 26 heavy (non-hydrogen) atoms. The molecular weight excluding hydrogens is 437 g/mol. The molecule has 0 saturated carbocycles. The highest BCUT2D eigenvalue weighted by Gasteiger charge is 2.25. The summed E-state index contributed by atoms with van der Waals surface area (Å²) in [5, 5.41) is 3.51. The van der Waals surface area contributed by atoms with Gasteiger partial charge in [0.25, 0.3) is 0 Å². The van der Waals surface area contributed by atoms with Gasteiger partial charge in [0.15, 0.2) is 5.96 Å². The predicted octanol–water partition coefficient (Wildman–Crippen LogP) is 2.97. The van der Waals surface area contributed by atoms with E-state index < -0.39 is 0 Å². The lowest BCUT2D eigenvalue weighted by molar-refractivity contribution is 0.275. The molecule has 6 heteroatoms. The maximum atomic E-state index is 4.93. The van der Waals surface area contributed by atoms with E-state index in [9.17, 15) is 0 Å². The second kappa shape index (κ2) is 13.2. The molecule has 2 aliphatic rings. The van der Waals surface area contributed by atoms with Gasteiger partial charge in [-0.2, -0.15) is 0 Å². The molecule has 0 radical (unpaired) electrons. The molecule has 0 aliphatic carbocycles. The van der Waals surface area contributed by atoms with Gasteiger partial charge >= 0.3 is 0 Å². The van der Waals surface area contributed by atoms with Gasteiger partial charge in [-0.1, -0.05) is 13.8 Å². The van der Waals surface area contributed by atoms with Crippen molar-refractivity contribution in [3.05, 3.63) is 0 Å². The van der Waals surface area contributed by atoms with Crippen LogP contribution in [0.3, 0.4) is 0 Å². The molecule has 2 fully saturated rings. The van der Waals surface area contributed by atoms with Crippen LogP contribution in [0.4, 0.5) is 0 Å². The fourth-order valence-corrected chi connectivity index (χ4v) is 4.11. The van der Waals surface area contributed by atoms with Crippen LogP contribution in [0.1, 0.15) is 46.5 Å². The molecule has 0 amide bonds. The molecule has 0 aromatic heterocycles. The van der Waals surface area contributed by atoms with Crippen LogP contribution in [-0.4, -0.2) is 86.6 Å². The van der Waals surface area contributed by atoms with Crippen molar-refractivity contribution in [2.75, 3.05) is 66.0 Å². The van der Waals surface area contributed by atoms with Crippen LogP contribution in [0.25, 0.3) is 0 Å². The first-order chi connectivity index (χ1) is 12.1. The average molecular weight is 479 g/mol. The summed E-state index contributed by atoms with van der Waals surface area (Å²) in [5.41, 5.74) is 0. The second-order valence-electron chi connectivity index (χ2n) is 8.32. The molecule has 1 unspecified atom stereocenters. The number of likely N-dealkylation sites (tertiary alicyclic amines) is 1. The maximum Gasteiger partial charge on any atom is 0.193 e. The van der Waals surface area contributed by atoms with E-state index in [2.05, 4.69) is 47.8 Å². The van der Waals surface area contributed by atoms with Crippen LogP contribution >= 0.6 is 24.0 Å². The van der Waals surface area contributed by atoms with E-state index in [1.807, 2.05) is 0 Å². The first-order valence-corrected chi connectivity index (χ1v) is 10.5. The fourth-order valence-electron chi connectivity index (χ4n) is 4.11. The number of likely N-dealkylation sites (N-methyl/N-ethyl adjacent to an activating group) is 1. The van der Waals surface area contributed by atoms with Gasteiger partial charge in [0, 0.05) is 39.3 Å². The van der Waals surface area contributed by atoms with E-state index in [0.29, 0.717) is 0 Å². The molecule has 2 rings (SSSR count). The van der Waals surface area contributed by atoms with E-state index in [4.69, 9.17) is 4.99 Å². The van der Waals surface area contributed by atoms with Crippen molar-refractivity contribution in [1.29, 1.82) is 0 Å². The molecular formula is C20H42IN5. The van der Waals surface area contributed by atoms with E-state index in [1.54, 1.807) is 0 Å². The highest BCUT2D eigenvalue weighted by atomic mass is 127. The molecule has 0 aromatic rings. The molecule has 2 heterocycles. The summed E-state index contributed by atoms with van der Waals surface area (Å²) in [6.07, 6.45) is 5.14. The Morgan fingerprint density at radius 3 is 2.69 bits per heavy atom. The van der Waals surface area contributed by atoms with Gasteiger partial charge in [0.05, 0.1) is 0 Å². The molecule has 5 nitrogen and oxygen atoms in total. The number of guanidine groups is 1. The molecule has 154 valence electrons. The highest BCUT2D eigenvalue weighted by Crippen LogP contribution is 2.23. The normalized spacial score (nSPS) is 23.2. The molecule has 0 aromatic carbocycles. The Kier molecular flexibility index (Phi) is 12.1. The van der Waals surface area contributed by atoms with Crippen LogP contribution < -0.4 is 5.32 Å². The quantitative estimate of drug-likeness (QED) is 0.264. The third-order valence-electron chi connectivity index (χ3n) is 5.43. The lowest BCUT2D eigenvalue weighted by Crippen LogP contribution is -2.40. The smallest absolute Gasteiger partial charge is 0.193 e. The lowest BCUT2D eigenvalue weighted by Gasteiger charge is -2.23. The third kappa shape index (κ3) is 8.74. The Morgan fingerprint density at radius 2 is 1.96 bits per heavy atom. The Labute approximate surface area is 179 Å². The first kappa shape index (κ1) is 24.0. The van der Waals surface area contributed by atoms with E-state index >= 15 is 0 Å². The number of halogens is 1. The van der Waals surface area contributed by atoms with Gasteiger partial charge in [-0.3, -0.25) is 4.99 Å². The number of rotatable bonds is 7. The van der Waals surface area contributed by atoms with Crippen molar-refractivity contribution in [1.82, 2.24) is 20.0 Å². The summed E-state index contributed by atoms with van der Waals surface area (Å²) in [6, 6.07) is 0. The van der Waals surface area contributed by atoms with E-state index in [0.717, 1.165) is 30.9 Å². The van der Waals surface area contributed by atoms with E-state index in [1.165, 1.54) is 71.5 Å². The van der Waals surface area contributed by atoms with Crippen LogP contribution in [-0.2, 0) is 0 Å². The number of hydrogen-bond acceptors (Lipinski definition) is 3. The van der Waals surface area contributed by atoms with Gasteiger partial charge in [-0.15, -0.1) is 24.0 Å². The van der Waals surface area contributed by atoms with Gasteiger partial charge < -0.3 is 20.0 Å². The van der Waals surface area contributed by atoms with Crippen LogP contribution in [0, 0.1) is 11.8 Å². The summed E-state index contributed by atoms with van der Waals surface area (Å²) in [6.45, 7) is 17.2. The minimum Gasteiger partial charge on any atom is -0.357 e. The Bertz CT molecular complexity index is 402. The fraction of sp³-hybridized carbons (Fsp3) is 0.950. The Morgan fingerprint density at radius 1 is 1.15 bits per heavy atom. The average Bonchev–Trinajstić information content (AvgIpc) is 2.91. The number of aliphatic imine (C=N–C) groups is 1. The minimum absolute atomic E-state index is 0. The number of nitrogens with zero attached hydrogens (tertiary/aromatic N) is 4. The largest absolute Gasteiger partial charge is 0.357 e. The molecule has 0 bridgehead atoms. The zero-order chi connectivity index (χ0) is 18.1. The zero-order valence-electron chi connectivity index (χ0n) is 17.5. The maximum absolute atomic E-state index is 4.93. The third-order valence-corrected chi connectivity index (χ3v) is 5.43. The first-order valence-electron chi connectivity index (χ1n) is 10.5. The van der Waals surface area contributed by atoms with Crippen LogP contribution in [0.2, 0.25) is 0 Å². The molecule has 1 N–H and O–H groups in total. The number of nitrogens with one attached hydrogen (secondary N) is 1. The summed E-state index contributed by atoms with van der Waals surface area (Å²) in [7, 11) is 2.24. The standard InChI is InChI=1S/C20H41N5.HI/c1-5-21-20(25-13-8-19(17-25)16-18(2)3)22-9-6-11-24-12-7-10-23(4)14-15-24;/h18-19H,5-17H2,1-4H3,(H,21,22);1H. The number of hydrogen-bond donors (Lipinski definition) is 1. The predicted molar refractivity (Wildman–Crippen MR) is 124 cm³/mol. The Hall–Kier alpha value is -0.0800. The van der Waals surface area contributed by atoms with Crippen molar-refractivity contribution in [2.24, 2.45) is 16.8 Å².